The summed E-state index contributed by atoms with van der Waals surface area (Å²) in [6.07, 6.45) is 0.342. The summed E-state index contributed by atoms with van der Waals surface area (Å²) >= 11 is 0. The smallest absolute Gasteiger partial charge is 0.297 e. The molecule has 102 valence electrons. The van der Waals surface area contributed by atoms with Gasteiger partial charge in [-0.1, -0.05) is 24.6 Å². The Bertz CT molecular complexity index is 466. The monoisotopic (exact) mass is 271 g/mol. The Morgan fingerprint density at radius 1 is 1.22 bits per heavy atom. The Labute approximate surface area is 110 Å². The van der Waals surface area contributed by atoms with Crippen molar-refractivity contribution in [2.75, 3.05) is 20.6 Å². The van der Waals surface area contributed by atoms with Crippen molar-refractivity contribution in [2.45, 2.75) is 31.3 Å². The van der Waals surface area contributed by atoms with Gasteiger partial charge in [0.1, 0.15) is 0 Å². The molecule has 0 aliphatic carbocycles. The minimum absolute atomic E-state index is 0.213. The molecule has 1 unspecified atom stereocenters. The highest BCUT2D eigenvalue weighted by Crippen LogP contribution is 2.16. The zero-order chi connectivity index (χ0) is 13.8. The quantitative estimate of drug-likeness (QED) is 0.743. The van der Waals surface area contributed by atoms with Crippen molar-refractivity contribution in [3.63, 3.8) is 0 Å². The lowest BCUT2D eigenvalue weighted by Gasteiger charge is -2.19. The van der Waals surface area contributed by atoms with Gasteiger partial charge in [0.25, 0.3) is 10.1 Å². The van der Waals surface area contributed by atoms with E-state index in [9.17, 15) is 8.42 Å². The lowest BCUT2D eigenvalue weighted by atomic mass is 10.2. The molecule has 0 saturated heterocycles. The third-order valence-electron chi connectivity index (χ3n) is 2.60. The molecule has 1 aromatic rings. The topological polar surface area (TPSA) is 46.6 Å². The van der Waals surface area contributed by atoms with E-state index >= 15 is 0 Å². The molecule has 1 rings (SSSR count). The molecule has 5 heteroatoms. The molecular formula is C13H21NO3S. The van der Waals surface area contributed by atoms with Crippen molar-refractivity contribution in [1.82, 2.24) is 4.90 Å². The summed E-state index contributed by atoms with van der Waals surface area (Å²) in [6, 6.07) is 6.69. The zero-order valence-electron chi connectivity index (χ0n) is 11.4. The minimum Gasteiger partial charge on any atom is -0.307 e. The number of hydrogen-bond donors (Lipinski definition) is 0. The number of benzene rings is 1. The second kappa shape index (κ2) is 6.31. The summed E-state index contributed by atoms with van der Waals surface area (Å²) in [5.74, 6) is 0. The summed E-state index contributed by atoms with van der Waals surface area (Å²) in [7, 11) is 0.126. The van der Waals surface area contributed by atoms with Crippen LogP contribution in [0.3, 0.4) is 0 Å². The van der Waals surface area contributed by atoms with Crippen LogP contribution in [0.4, 0.5) is 0 Å². The van der Waals surface area contributed by atoms with Crippen LogP contribution in [0.5, 0.6) is 0 Å². The van der Waals surface area contributed by atoms with Crippen LogP contribution in [0.1, 0.15) is 18.9 Å². The zero-order valence-corrected chi connectivity index (χ0v) is 12.2. The summed E-state index contributed by atoms with van der Waals surface area (Å²) in [6.45, 7) is 4.42. The van der Waals surface area contributed by atoms with E-state index < -0.39 is 10.1 Å². The first kappa shape index (κ1) is 15.1. The van der Waals surface area contributed by atoms with E-state index in [4.69, 9.17) is 4.18 Å². The van der Waals surface area contributed by atoms with Gasteiger partial charge in [-0.25, -0.2) is 0 Å². The molecule has 0 N–H and O–H groups in total. The number of rotatable bonds is 6. The maximum atomic E-state index is 12.1. The van der Waals surface area contributed by atoms with Crippen LogP contribution in [0.15, 0.2) is 29.2 Å². The molecular weight excluding hydrogens is 250 g/mol. The Hall–Kier alpha value is -0.910. The first-order valence-corrected chi connectivity index (χ1v) is 7.40. The second-order valence-corrected chi connectivity index (χ2v) is 6.23. The first-order valence-electron chi connectivity index (χ1n) is 6.00. The van der Waals surface area contributed by atoms with Gasteiger partial charge in [-0.15, -0.1) is 0 Å². The van der Waals surface area contributed by atoms with E-state index in [1.54, 1.807) is 24.3 Å². The van der Waals surface area contributed by atoms with Gasteiger partial charge >= 0.3 is 0 Å². The van der Waals surface area contributed by atoms with E-state index in [1.165, 1.54) is 0 Å². The van der Waals surface area contributed by atoms with E-state index in [0.717, 1.165) is 5.56 Å². The van der Waals surface area contributed by atoms with Crippen molar-refractivity contribution in [1.29, 1.82) is 0 Å². The van der Waals surface area contributed by atoms with Crippen LogP contribution in [-0.4, -0.2) is 40.1 Å². The average Bonchev–Trinajstić information content (AvgIpc) is 2.27. The second-order valence-electron chi connectivity index (χ2n) is 4.66. The molecule has 0 bridgehead atoms. The van der Waals surface area contributed by atoms with E-state index in [2.05, 4.69) is 0 Å². The Morgan fingerprint density at radius 3 is 2.22 bits per heavy atom. The van der Waals surface area contributed by atoms with Crippen LogP contribution < -0.4 is 0 Å². The number of aryl methyl sites for hydroxylation is 1. The largest absolute Gasteiger partial charge is 0.307 e. The number of hydrogen-bond acceptors (Lipinski definition) is 4. The Balaban J connectivity index is 2.83. The molecule has 0 aliphatic heterocycles. The highest BCUT2D eigenvalue weighted by Gasteiger charge is 2.20. The highest BCUT2D eigenvalue weighted by atomic mass is 32.2. The third-order valence-corrected chi connectivity index (χ3v) is 3.97. The van der Waals surface area contributed by atoms with Gasteiger partial charge in [-0.2, -0.15) is 8.42 Å². The van der Waals surface area contributed by atoms with Gasteiger partial charge in [0, 0.05) is 6.54 Å². The van der Waals surface area contributed by atoms with Gasteiger partial charge in [0.15, 0.2) is 0 Å². The third kappa shape index (κ3) is 4.40. The molecule has 0 aliphatic rings. The normalized spacial score (nSPS) is 13.8. The molecule has 4 nitrogen and oxygen atoms in total. The predicted octanol–water partition coefficient (Wildman–Crippen LogP) is 2.04. The summed E-state index contributed by atoms with van der Waals surface area (Å²) < 4.78 is 29.4. The molecule has 0 spiro atoms. The van der Waals surface area contributed by atoms with Crippen molar-refractivity contribution in [2.24, 2.45) is 0 Å². The first-order chi connectivity index (χ1) is 8.35. The van der Waals surface area contributed by atoms with Crippen LogP contribution in [0.2, 0.25) is 0 Å². The van der Waals surface area contributed by atoms with Crippen LogP contribution >= 0.6 is 0 Å². The van der Waals surface area contributed by atoms with E-state index in [-0.39, 0.29) is 11.0 Å². The summed E-state index contributed by atoms with van der Waals surface area (Å²) in [4.78, 5) is 2.13. The van der Waals surface area contributed by atoms with Gasteiger partial charge < -0.3 is 4.90 Å². The van der Waals surface area contributed by atoms with Gasteiger partial charge in [0.2, 0.25) is 0 Å². The molecule has 0 saturated carbocycles. The molecule has 0 amide bonds. The summed E-state index contributed by atoms with van der Waals surface area (Å²) in [5, 5.41) is 0. The molecule has 0 fully saturated rings. The Morgan fingerprint density at radius 2 is 1.78 bits per heavy atom. The fourth-order valence-electron chi connectivity index (χ4n) is 1.57. The van der Waals surface area contributed by atoms with Crippen LogP contribution in [-0.2, 0) is 14.3 Å². The molecule has 0 heterocycles. The van der Waals surface area contributed by atoms with Gasteiger partial charge in [-0.05, 0) is 39.6 Å². The molecule has 1 atom stereocenters. The van der Waals surface area contributed by atoms with Crippen molar-refractivity contribution in [3.8, 4) is 0 Å². The van der Waals surface area contributed by atoms with Crippen LogP contribution in [0.25, 0.3) is 0 Å². The van der Waals surface area contributed by atoms with Gasteiger partial charge in [-0.3, -0.25) is 4.18 Å². The standard InChI is InChI=1S/C13H21NO3S/c1-5-12(10-14(3)4)17-18(15,16)13-8-6-11(2)7-9-13/h6-9,12H,5,10H2,1-4H3. The summed E-state index contributed by atoms with van der Waals surface area (Å²) in [5.41, 5.74) is 1.02. The molecule has 0 radical (unpaired) electrons. The maximum absolute atomic E-state index is 12.1. The SMILES string of the molecule is CCC(CN(C)C)OS(=O)(=O)c1ccc(C)cc1. The molecule has 0 aromatic heterocycles. The fraction of sp³-hybridized carbons (Fsp3) is 0.538. The van der Waals surface area contributed by atoms with E-state index in [0.29, 0.717) is 13.0 Å². The number of likely N-dealkylation sites (N-methyl/N-ethyl adjacent to an activating group) is 1. The highest BCUT2D eigenvalue weighted by molar-refractivity contribution is 7.86. The molecule has 1 aromatic carbocycles. The lowest BCUT2D eigenvalue weighted by Crippen LogP contribution is -2.30. The van der Waals surface area contributed by atoms with Gasteiger partial charge in [0.05, 0.1) is 11.0 Å². The number of nitrogens with zero attached hydrogens (tertiary/aromatic N) is 1. The van der Waals surface area contributed by atoms with Crippen molar-refractivity contribution < 1.29 is 12.6 Å². The van der Waals surface area contributed by atoms with E-state index in [1.807, 2.05) is 32.8 Å². The lowest BCUT2D eigenvalue weighted by molar-refractivity contribution is 0.163. The van der Waals surface area contributed by atoms with Crippen LogP contribution in [0, 0.1) is 6.92 Å². The van der Waals surface area contributed by atoms with Crippen molar-refractivity contribution in [3.05, 3.63) is 29.8 Å². The van der Waals surface area contributed by atoms with Crippen molar-refractivity contribution >= 4 is 10.1 Å². The predicted molar refractivity (Wildman–Crippen MR) is 72.1 cm³/mol. The fourth-order valence-corrected chi connectivity index (χ4v) is 2.71. The minimum atomic E-state index is -3.66. The maximum Gasteiger partial charge on any atom is 0.297 e. The molecule has 18 heavy (non-hydrogen) atoms. The Kier molecular flexibility index (Phi) is 5.31. The average molecular weight is 271 g/mol.